The molecule has 0 aliphatic carbocycles. The second kappa shape index (κ2) is 10.1. The molecule has 0 aliphatic heterocycles. The Labute approximate surface area is 112 Å². The van der Waals surface area contributed by atoms with Crippen molar-refractivity contribution in [2.24, 2.45) is 0 Å². The molecule has 0 spiro atoms. The first-order valence-electron chi connectivity index (χ1n) is 6.25. The fraction of sp³-hybridized carbons (Fsp3) is 0.615. The third kappa shape index (κ3) is 9.82. The third-order valence-electron chi connectivity index (χ3n) is 2.23. The van der Waals surface area contributed by atoms with Gasteiger partial charge in [0.2, 0.25) is 0 Å². The molecule has 0 bridgehead atoms. The summed E-state index contributed by atoms with van der Waals surface area (Å²) >= 11 is 0. The summed E-state index contributed by atoms with van der Waals surface area (Å²) in [4.78, 5) is 32.7. The van der Waals surface area contributed by atoms with Crippen LogP contribution in [0.3, 0.4) is 0 Å². The number of aliphatic carboxylic acids is 1. The fourth-order valence-electron chi connectivity index (χ4n) is 1.22. The van der Waals surface area contributed by atoms with Crippen LogP contribution >= 0.6 is 0 Å². The molecule has 0 saturated heterocycles. The van der Waals surface area contributed by atoms with E-state index < -0.39 is 24.0 Å². The zero-order valence-electron chi connectivity index (χ0n) is 11.3. The average molecular weight is 272 g/mol. The number of carboxylic acid groups (broad SMARTS) is 1. The maximum atomic E-state index is 11.4. The van der Waals surface area contributed by atoms with Gasteiger partial charge in [0.25, 0.3) is 0 Å². The van der Waals surface area contributed by atoms with Crippen LogP contribution in [0.15, 0.2) is 12.2 Å². The van der Waals surface area contributed by atoms with Gasteiger partial charge in [-0.1, -0.05) is 26.2 Å². The van der Waals surface area contributed by atoms with Crippen LogP contribution in [0, 0.1) is 0 Å². The lowest BCUT2D eigenvalue weighted by atomic mass is 10.2. The second-order valence-corrected chi connectivity index (χ2v) is 3.98. The van der Waals surface area contributed by atoms with E-state index in [4.69, 9.17) is 9.84 Å². The Morgan fingerprint density at radius 1 is 1.16 bits per heavy atom. The Balaban J connectivity index is 3.87. The van der Waals surface area contributed by atoms with Gasteiger partial charge in [0, 0.05) is 12.2 Å². The van der Waals surface area contributed by atoms with Crippen molar-refractivity contribution >= 4 is 17.9 Å². The van der Waals surface area contributed by atoms with Crippen LogP contribution in [0.25, 0.3) is 0 Å². The molecular weight excluding hydrogens is 252 g/mol. The molecule has 0 amide bonds. The van der Waals surface area contributed by atoms with Crippen molar-refractivity contribution in [3.63, 3.8) is 0 Å². The van der Waals surface area contributed by atoms with Crippen molar-refractivity contribution in [1.29, 1.82) is 0 Å². The number of carbonyl (C=O) groups excluding carboxylic acids is 2. The molecule has 6 nitrogen and oxygen atoms in total. The SMILES string of the molecule is CCCCCCOC(=O)C(C)OC(=O)/C=C/C(=O)O. The zero-order valence-corrected chi connectivity index (χ0v) is 11.3. The summed E-state index contributed by atoms with van der Waals surface area (Å²) < 4.78 is 9.60. The molecule has 1 N–H and O–H groups in total. The molecule has 6 heteroatoms. The molecule has 1 unspecified atom stereocenters. The van der Waals surface area contributed by atoms with E-state index in [1.54, 1.807) is 0 Å². The number of esters is 2. The van der Waals surface area contributed by atoms with Gasteiger partial charge in [-0.2, -0.15) is 0 Å². The lowest BCUT2D eigenvalue weighted by Crippen LogP contribution is -2.26. The minimum Gasteiger partial charge on any atom is -0.478 e. The average Bonchev–Trinajstić information content (AvgIpc) is 2.35. The number of hydrogen-bond acceptors (Lipinski definition) is 5. The number of unbranched alkanes of at least 4 members (excludes halogenated alkanes) is 3. The van der Waals surface area contributed by atoms with Crippen LogP contribution in [0.4, 0.5) is 0 Å². The molecule has 0 aromatic carbocycles. The highest BCUT2D eigenvalue weighted by atomic mass is 16.6. The van der Waals surface area contributed by atoms with Crippen molar-refractivity contribution in [3.8, 4) is 0 Å². The predicted octanol–water partition coefficient (Wildman–Crippen LogP) is 1.68. The molecule has 0 fully saturated rings. The van der Waals surface area contributed by atoms with Gasteiger partial charge in [0.1, 0.15) is 0 Å². The molecule has 0 heterocycles. The lowest BCUT2D eigenvalue weighted by Gasteiger charge is -2.11. The van der Waals surface area contributed by atoms with Crippen LogP contribution < -0.4 is 0 Å². The first kappa shape index (κ1) is 17.2. The van der Waals surface area contributed by atoms with Gasteiger partial charge in [0.15, 0.2) is 6.10 Å². The Hall–Kier alpha value is -1.85. The molecule has 19 heavy (non-hydrogen) atoms. The Bertz CT molecular complexity index is 334. The molecule has 0 aliphatic rings. The Morgan fingerprint density at radius 2 is 1.84 bits per heavy atom. The predicted molar refractivity (Wildman–Crippen MR) is 67.4 cm³/mol. The molecule has 108 valence electrons. The zero-order chi connectivity index (χ0) is 14.7. The van der Waals surface area contributed by atoms with Crippen LogP contribution in [0.1, 0.15) is 39.5 Å². The maximum absolute atomic E-state index is 11.4. The molecule has 0 radical (unpaired) electrons. The van der Waals surface area contributed by atoms with E-state index in [2.05, 4.69) is 11.7 Å². The topological polar surface area (TPSA) is 89.9 Å². The monoisotopic (exact) mass is 272 g/mol. The Kier molecular flexibility index (Phi) is 9.12. The summed E-state index contributed by atoms with van der Waals surface area (Å²) in [6.45, 7) is 3.75. The van der Waals surface area contributed by atoms with Crippen molar-refractivity contribution in [2.45, 2.75) is 45.6 Å². The number of carboxylic acids is 1. The quantitative estimate of drug-likeness (QED) is 0.390. The van der Waals surface area contributed by atoms with Gasteiger partial charge < -0.3 is 14.6 Å². The number of carbonyl (C=O) groups is 3. The summed E-state index contributed by atoms with van der Waals surface area (Å²) in [5, 5.41) is 8.31. The van der Waals surface area contributed by atoms with Crippen LogP contribution in [-0.4, -0.2) is 35.7 Å². The van der Waals surface area contributed by atoms with Crippen molar-refractivity contribution < 1.29 is 29.0 Å². The first-order valence-corrected chi connectivity index (χ1v) is 6.25. The van der Waals surface area contributed by atoms with Gasteiger partial charge in [0.05, 0.1) is 6.61 Å². The van der Waals surface area contributed by atoms with E-state index >= 15 is 0 Å². The van der Waals surface area contributed by atoms with Crippen LogP contribution in [-0.2, 0) is 23.9 Å². The molecular formula is C13H20O6. The minimum absolute atomic E-state index is 0.297. The highest BCUT2D eigenvalue weighted by Crippen LogP contribution is 2.01. The van der Waals surface area contributed by atoms with E-state index in [1.165, 1.54) is 6.92 Å². The molecule has 0 saturated carbocycles. The van der Waals surface area contributed by atoms with Crippen molar-refractivity contribution in [3.05, 3.63) is 12.2 Å². The van der Waals surface area contributed by atoms with Crippen molar-refractivity contribution in [2.75, 3.05) is 6.61 Å². The summed E-state index contributed by atoms with van der Waals surface area (Å²) in [5.74, 6) is -2.78. The van der Waals surface area contributed by atoms with E-state index in [-0.39, 0.29) is 0 Å². The normalized spacial score (nSPS) is 12.1. The standard InChI is InChI=1S/C13H20O6/c1-3-4-5-6-9-18-13(17)10(2)19-12(16)8-7-11(14)15/h7-8,10H,3-6,9H2,1-2H3,(H,14,15)/b8-7+. The highest BCUT2D eigenvalue weighted by molar-refractivity contribution is 5.91. The summed E-state index contributed by atoms with van der Waals surface area (Å²) in [6, 6.07) is 0. The van der Waals surface area contributed by atoms with E-state index in [9.17, 15) is 14.4 Å². The first-order chi connectivity index (χ1) is 8.97. The summed E-state index contributed by atoms with van der Waals surface area (Å²) in [6.07, 6.45) is 4.29. The van der Waals surface area contributed by atoms with Gasteiger partial charge in [-0.3, -0.25) is 0 Å². The van der Waals surface area contributed by atoms with Crippen LogP contribution in [0.5, 0.6) is 0 Å². The number of hydrogen-bond donors (Lipinski definition) is 1. The van der Waals surface area contributed by atoms with E-state index in [1.807, 2.05) is 0 Å². The summed E-state index contributed by atoms with van der Waals surface area (Å²) in [5.41, 5.74) is 0. The molecule has 0 aromatic rings. The van der Waals surface area contributed by atoms with E-state index in [0.29, 0.717) is 12.7 Å². The number of rotatable bonds is 9. The Morgan fingerprint density at radius 3 is 2.42 bits per heavy atom. The van der Waals surface area contributed by atoms with Crippen LogP contribution in [0.2, 0.25) is 0 Å². The maximum Gasteiger partial charge on any atom is 0.347 e. The fourth-order valence-corrected chi connectivity index (χ4v) is 1.22. The van der Waals surface area contributed by atoms with Gasteiger partial charge >= 0.3 is 17.9 Å². The number of ether oxygens (including phenoxy) is 2. The summed E-state index contributed by atoms with van der Waals surface area (Å²) in [7, 11) is 0. The van der Waals surface area contributed by atoms with Gasteiger partial charge in [-0.15, -0.1) is 0 Å². The molecule has 0 rings (SSSR count). The second-order valence-electron chi connectivity index (χ2n) is 3.98. The molecule has 1 atom stereocenters. The largest absolute Gasteiger partial charge is 0.478 e. The smallest absolute Gasteiger partial charge is 0.347 e. The third-order valence-corrected chi connectivity index (χ3v) is 2.23. The van der Waals surface area contributed by atoms with Crippen molar-refractivity contribution in [1.82, 2.24) is 0 Å². The minimum atomic E-state index is -1.26. The molecule has 0 aromatic heterocycles. The highest BCUT2D eigenvalue weighted by Gasteiger charge is 2.17. The lowest BCUT2D eigenvalue weighted by molar-refractivity contribution is -0.163. The van der Waals surface area contributed by atoms with Gasteiger partial charge in [-0.05, 0) is 13.3 Å². The van der Waals surface area contributed by atoms with Gasteiger partial charge in [-0.25, -0.2) is 14.4 Å². The van der Waals surface area contributed by atoms with E-state index in [0.717, 1.165) is 31.8 Å².